The lowest BCUT2D eigenvalue weighted by Crippen LogP contribution is -2.52. The average Bonchev–Trinajstić information content (AvgIpc) is 2.63. The molecule has 3 unspecified atom stereocenters. The molecule has 4 aliphatic rings. The standard InChI is InChI=1S/C20H25O2.H2O4S/c1-12(2)16-10-14-8-7-13(3)15-6-5-9-18(4)11-19(16,22)17(21)20(14,15)18;1-5(2,3)4/h7-8,10,12,22H,5-6,9,11H2,1-4H3;(H2,1,2,3,4)/q+1;/p-1. The Kier molecular flexibility index (Phi) is 4.55. The third-order valence-electron chi connectivity index (χ3n) is 6.71. The van der Waals surface area contributed by atoms with Crippen molar-refractivity contribution in [2.24, 2.45) is 16.7 Å². The molecule has 0 aromatic rings. The van der Waals surface area contributed by atoms with Crippen LogP contribution in [0.4, 0.5) is 0 Å². The van der Waals surface area contributed by atoms with Crippen LogP contribution >= 0.6 is 0 Å². The molecule has 2 N–H and O–H groups in total. The molecule has 2 bridgehead atoms. The quantitative estimate of drug-likeness (QED) is 0.401. The molecular weight excluding hydrogens is 368 g/mol. The van der Waals surface area contributed by atoms with E-state index in [0.29, 0.717) is 6.42 Å². The molecule has 4 aliphatic carbocycles. The average molecular weight is 394 g/mol. The van der Waals surface area contributed by atoms with Crippen molar-refractivity contribution in [2.45, 2.75) is 59.0 Å². The highest BCUT2D eigenvalue weighted by Gasteiger charge is 2.78. The molecule has 2 saturated carbocycles. The number of fused-ring (bicyclic) bond motifs is 1. The molecule has 7 heteroatoms. The molecule has 3 atom stereocenters. The summed E-state index contributed by atoms with van der Waals surface area (Å²) in [5, 5.41) is 11.4. The minimum atomic E-state index is -4.92. The van der Waals surface area contributed by atoms with E-state index in [4.69, 9.17) is 17.5 Å². The number of aliphatic hydroxyl groups is 1. The van der Waals surface area contributed by atoms with Crippen molar-refractivity contribution in [3.63, 3.8) is 0 Å². The maximum Gasteiger partial charge on any atom is 0.215 e. The minimum absolute atomic E-state index is 0.0575. The van der Waals surface area contributed by atoms with E-state index in [-0.39, 0.29) is 17.1 Å². The molecule has 1 spiro atoms. The SMILES string of the molecule is CC1=C2CCCC3(C)CC4(O)C(=O)C23C(=C[CH+]1)C=C4C(C)C.O=S(=O)([O-])O. The molecule has 0 aliphatic heterocycles. The summed E-state index contributed by atoms with van der Waals surface area (Å²) in [5.41, 5.74) is 2.59. The van der Waals surface area contributed by atoms with E-state index in [0.717, 1.165) is 30.4 Å². The zero-order valence-corrected chi connectivity index (χ0v) is 16.9. The summed E-state index contributed by atoms with van der Waals surface area (Å²) < 4.78 is 32.8. The molecule has 0 aromatic carbocycles. The Morgan fingerprint density at radius 1 is 1.33 bits per heavy atom. The van der Waals surface area contributed by atoms with Crippen molar-refractivity contribution in [1.29, 1.82) is 0 Å². The molecule has 0 radical (unpaired) electrons. The summed E-state index contributed by atoms with van der Waals surface area (Å²) >= 11 is 0. The van der Waals surface area contributed by atoms with Crippen molar-refractivity contribution < 1.29 is 27.4 Å². The van der Waals surface area contributed by atoms with Gasteiger partial charge in [-0.3, -0.25) is 9.35 Å². The second kappa shape index (κ2) is 6.04. The zero-order chi connectivity index (χ0) is 20.4. The van der Waals surface area contributed by atoms with Gasteiger partial charge in [-0.2, -0.15) is 0 Å². The maximum atomic E-state index is 13.6. The number of carbonyl (C=O) groups is 1. The van der Waals surface area contributed by atoms with Crippen LogP contribution in [0.5, 0.6) is 0 Å². The smallest absolute Gasteiger partial charge is 0.215 e. The molecule has 148 valence electrons. The van der Waals surface area contributed by atoms with E-state index < -0.39 is 21.4 Å². The molecule has 0 saturated heterocycles. The lowest BCUT2D eigenvalue weighted by Gasteiger charge is -2.46. The van der Waals surface area contributed by atoms with Gasteiger partial charge in [-0.25, -0.2) is 8.42 Å². The predicted molar refractivity (Wildman–Crippen MR) is 99.3 cm³/mol. The number of allylic oxidation sites excluding steroid dienone is 5. The van der Waals surface area contributed by atoms with E-state index in [9.17, 15) is 9.90 Å². The molecule has 6 nitrogen and oxygen atoms in total. The van der Waals surface area contributed by atoms with Gasteiger partial charge in [-0.05, 0) is 37.7 Å². The van der Waals surface area contributed by atoms with Gasteiger partial charge in [0, 0.05) is 29.9 Å². The monoisotopic (exact) mass is 394 g/mol. The Labute approximate surface area is 160 Å². The first-order valence-corrected chi connectivity index (χ1v) is 10.6. The van der Waals surface area contributed by atoms with E-state index in [1.165, 1.54) is 11.1 Å². The fourth-order valence-electron chi connectivity index (χ4n) is 5.89. The van der Waals surface area contributed by atoms with Gasteiger partial charge in [-0.15, -0.1) is 0 Å². The van der Waals surface area contributed by atoms with Gasteiger partial charge in [0.25, 0.3) is 0 Å². The number of rotatable bonds is 1. The Morgan fingerprint density at radius 2 is 1.93 bits per heavy atom. The molecule has 0 amide bonds. The van der Waals surface area contributed by atoms with Crippen LogP contribution in [-0.2, 0) is 15.2 Å². The Bertz CT molecular complexity index is 885. The van der Waals surface area contributed by atoms with E-state index in [1.54, 1.807) is 0 Å². The lowest BCUT2D eigenvalue weighted by molar-refractivity contribution is -0.137. The summed E-state index contributed by atoms with van der Waals surface area (Å²) in [6.45, 7) is 8.50. The van der Waals surface area contributed by atoms with Gasteiger partial charge in [-0.1, -0.05) is 20.8 Å². The van der Waals surface area contributed by atoms with Gasteiger partial charge in [0.15, 0.2) is 5.41 Å². The first kappa shape index (κ1) is 20.3. The highest BCUT2D eigenvalue weighted by molar-refractivity contribution is 7.79. The normalized spacial score (nSPS) is 37.1. The van der Waals surface area contributed by atoms with Crippen LogP contribution in [-0.4, -0.2) is 34.0 Å². The predicted octanol–water partition coefficient (Wildman–Crippen LogP) is 2.93. The van der Waals surface area contributed by atoms with E-state index in [1.807, 2.05) is 0 Å². The summed E-state index contributed by atoms with van der Waals surface area (Å²) in [6.07, 6.45) is 10.1. The van der Waals surface area contributed by atoms with Gasteiger partial charge in [0.2, 0.25) is 16.2 Å². The van der Waals surface area contributed by atoms with Crippen molar-refractivity contribution in [2.75, 3.05) is 0 Å². The van der Waals surface area contributed by atoms with Crippen LogP contribution in [0.1, 0.15) is 53.4 Å². The highest BCUT2D eigenvalue weighted by Crippen LogP contribution is 2.72. The Morgan fingerprint density at radius 3 is 2.48 bits per heavy atom. The first-order valence-electron chi connectivity index (χ1n) is 9.21. The fourth-order valence-corrected chi connectivity index (χ4v) is 5.89. The van der Waals surface area contributed by atoms with Gasteiger partial charge < -0.3 is 9.66 Å². The summed E-state index contributed by atoms with van der Waals surface area (Å²) in [7, 11) is -4.92. The van der Waals surface area contributed by atoms with Crippen LogP contribution in [0, 0.1) is 23.2 Å². The number of Topliss-reactive ketones (excluding diaryl/α,β-unsaturated/α-hetero) is 1. The van der Waals surface area contributed by atoms with Gasteiger partial charge >= 0.3 is 0 Å². The van der Waals surface area contributed by atoms with Crippen LogP contribution in [0.25, 0.3) is 0 Å². The Hall–Kier alpha value is -1.41. The van der Waals surface area contributed by atoms with Gasteiger partial charge in [0.1, 0.15) is 5.60 Å². The lowest BCUT2D eigenvalue weighted by atomic mass is 9.50. The van der Waals surface area contributed by atoms with Crippen molar-refractivity contribution in [3.05, 3.63) is 40.9 Å². The molecular formula is C20H26O6S. The first-order chi connectivity index (χ1) is 12.3. The van der Waals surface area contributed by atoms with Crippen molar-refractivity contribution in [3.8, 4) is 0 Å². The molecule has 2 fully saturated rings. The van der Waals surface area contributed by atoms with Crippen LogP contribution in [0.2, 0.25) is 0 Å². The number of ketones is 1. The minimum Gasteiger partial charge on any atom is -0.726 e. The summed E-state index contributed by atoms with van der Waals surface area (Å²) in [6, 6.07) is 0. The molecule has 0 heterocycles. The summed E-state index contributed by atoms with van der Waals surface area (Å²) in [5.74, 6) is 0.244. The number of hydrogen-bond donors (Lipinski definition) is 2. The number of hydrogen-bond acceptors (Lipinski definition) is 5. The van der Waals surface area contributed by atoms with Crippen LogP contribution in [0.3, 0.4) is 0 Å². The summed E-state index contributed by atoms with van der Waals surface area (Å²) in [4.78, 5) is 13.6. The molecule has 0 aromatic heterocycles. The van der Waals surface area contributed by atoms with E-state index >= 15 is 0 Å². The zero-order valence-electron chi connectivity index (χ0n) is 16.1. The third kappa shape index (κ3) is 2.75. The van der Waals surface area contributed by atoms with Crippen LogP contribution in [0.15, 0.2) is 34.4 Å². The maximum absolute atomic E-state index is 13.6. The second-order valence-corrected chi connectivity index (χ2v) is 9.52. The van der Waals surface area contributed by atoms with Crippen LogP contribution < -0.4 is 0 Å². The molecule has 4 rings (SSSR count). The largest absolute Gasteiger partial charge is 0.726 e. The highest BCUT2D eigenvalue weighted by atomic mass is 32.3. The fraction of sp³-hybridized carbons (Fsp3) is 0.600. The van der Waals surface area contributed by atoms with Crippen molar-refractivity contribution >= 4 is 16.2 Å². The second-order valence-electron chi connectivity index (χ2n) is 8.66. The van der Waals surface area contributed by atoms with Gasteiger partial charge in [0.05, 0.1) is 17.2 Å². The Balaban J connectivity index is 0.000000376. The number of carbonyl (C=O) groups excluding carboxylic acids is 1. The molecule has 27 heavy (non-hydrogen) atoms. The third-order valence-corrected chi connectivity index (χ3v) is 6.71. The topological polar surface area (TPSA) is 115 Å². The van der Waals surface area contributed by atoms with E-state index in [2.05, 4.69) is 46.3 Å². The van der Waals surface area contributed by atoms with Crippen molar-refractivity contribution in [1.82, 2.24) is 0 Å².